The van der Waals surface area contributed by atoms with E-state index in [1.165, 1.54) is 0 Å². The van der Waals surface area contributed by atoms with Gasteiger partial charge in [0.1, 0.15) is 5.69 Å². The van der Waals surface area contributed by atoms with Gasteiger partial charge in [0.2, 0.25) is 0 Å². The van der Waals surface area contributed by atoms with Gasteiger partial charge in [-0.25, -0.2) is 0 Å². The van der Waals surface area contributed by atoms with E-state index in [1.807, 2.05) is 0 Å². The smallest absolute Gasteiger partial charge is 0.322 e. The number of aromatic nitrogens is 1. The monoisotopic (exact) mass is 402 g/mol. The predicted molar refractivity (Wildman–Crippen MR) is 73.6 cm³/mol. The number of alkyl halides is 9. The van der Waals surface area contributed by atoms with Crippen molar-refractivity contribution < 1.29 is 44.3 Å². The van der Waals surface area contributed by atoms with Gasteiger partial charge in [0, 0.05) is 11.9 Å². The van der Waals surface area contributed by atoms with Crippen molar-refractivity contribution in [1.29, 1.82) is 0 Å². The maximum absolute atomic E-state index is 12.8. The van der Waals surface area contributed by atoms with Crippen LogP contribution in [0.25, 0.3) is 0 Å². The molecule has 0 aliphatic carbocycles. The molecule has 0 saturated carbocycles. The average molecular weight is 402 g/mol. The highest BCUT2D eigenvalue weighted by Crippen LogP contribution is 2.37. The number of nitrogens with one attached hydrogen (secondary N) is 1. The van der Waals surface area contributed by atoms with Crippen LogP contribution in [0.2, 0.25) is 0 Å². The molecule has 0 radical (unpaired) electrons. The number of halogens is 9. The van der Waals surface area contributed by atoms with Crippen molar-refractivity contribution >= 4 is 11.6 Å². The summed E-state index contributed by atoms with van der Waals surface area (Å²) in [5.74, 6) is -1.23. The number of benzene rings is 1. The molecule has 27 heavy (non-hydrogen) atoms. The Labute approximate surface area is 144 Å². The van der Waals surface area contributed by atoms with Gasteiger partial charge in [0.25, 0.3) is 5.91 Å². The quantitative estimate of drug-likeness (QED) is 0.685. The average Bonchev–Trinajstić information content (AvgIpc) is 2.52. The summed E-state index contributed by atoms with van der Waals surface area (Å²) >= 11 is 0. The first kappa shape index (κ1) is 20.5. The highest BCUT2D eigenvalue weighted by atomic mass is 19.4. The summed E-state index contributed by atoms with van der Waals surface area (Å²) in [5, 5.41) is 1.78. The zero-order valence-electron chi connectivity index (χ0n) is 12.7. The fourth-order valence-corrected chi connectivity index (χ4v) is 1.93. The Kier molecular flexibility index (Phi) is 5.12. The zero-order chi connectivity index (χ0) is 20.6. The fourth-order valence-electron chi connectivity index (χ4n) is 1.93. The second kappa shape index (κ2) is 6.74. The molecule has 3 nitrogen and oxygen atoms in total. The molecule has 0 unspecified atom stereocenters. The highest BCUT2D eigenvalue weighted by Gasteiger charge is 2.37. The lowest BCUT2D eigenvalue weighted by molar-refractivity contribution is -0.143. The molecule has 12 heteroatoms. The summed E-state index contributed by atoms with van der Waals surface area (Å²) in [5.41, 5.74) is -5.95. The highest BCUT2D eigenvalue weighted by molar-refractivity contribution is 6.04. The second-order valence-electron chi connectivity index (χ2n) is 5.18. The molecule has 0 atom stereocenters. The Morgan fingerprint density at radius 1 is 0.778 bits per heavy atom. The Bertz CT molecular complexity index is 804. The number of hydrogen-bond donors (Lipinski definition) is 1. The molecule has 0 aliphatic rings. The van der Waals surface area contributed by atoms with Crippen molar-refractivity contribution in [3.8, 4) is 0 Å². The van der Waals surface area contributed by atoms with E-state index in [0.29, 0.717) is 18.3 Å². The lowest BCUT2D eigenvalue weighted by Gasteiger charge is -2.15. The molecule has 146 valence electrons. The largest absolute Gasteiger partial charge is 0.433 e. The second-order valence-corrected chi connectivity index (χ2v) is 5.18. The van der Waals surface area contributed by atoms with E-state index >= 15 is 0 Å². The molecule has 0 bridgehead atoms. The van der Waals surface area contributed by atoms with Crippen LogP contribution in [-0.2, 0) is 18.5 Å². The summed E-state index contributed by atoms with van der Waals surface area (Å²) < 4.78 is 114. The van der Waals surface area contributed by atoms with Gasteiger partial charge in [-0.3, -0.25) is 9.78 Å². The Hall–Kier alpha value is -2.79. The number of carbonyl (C=O) groups excluding carboxylic acids is 1. The number of rotatable bonds is 2. The van der Waals surface area contributed by atoms with Gasteiger partial charge >= 0.3 is 18.5 Å². The van der Waals surface area contributed by atoms with E-state index in [0.717, 1.165) is 0 Å². The minimum atomic E-state index is -5.11. The van der Waals surface area contributed by atoms with Crippen LogP contribution in [0.4, 0.5) is 45.2 Å². The molecule has 2 aromatic rings. The molecule has 0 aliphatic heterocycles. The number of carbonyl (C=O) groups is 1. The first-order chi connectivity index (χ1) is 12.2. The van der Waals surface area contributed by atoms with Crippen LogP contribution in [0.1, 0.15) is 27.2 Å². The standard InChI is InChI=1S/C15H7F9N2O/c16-13(17,18)8-3-9(14(19,20)21)5-10(4-8)26-12(27)7-1-2-11(25-6-7)15(22,23)24/h1-6H,(H,26,27). The van der Waals surface area contributed by atoms with E-state index in [9.17, 15) is 44.3 Å². The summed E-state index contributed by atoms with van der Waals surface area (Å²) in [6, 6.07) is 1.54. The first-order valence-electron chi connectivity index (χ1n) is 6.82. The normalized spacial score (nSPS) is 12.8. The van der Waals surface area contributed by atoms with Crippen molar-refractivity contribution in [3.05, 3.63) is 58.9 Å². The van der Waals surface area contributed by atoms with Crippen LogP contribution >= 0.6 is 0 Å². The van der Waals surface area contributed by atoms with Gasteiger partial charge in [-0.1, -0.05) is 0 Å². The van der Waals surface area contributed by atoms with Gasteiger partial charge < -0.3 is 5.32 Å². The van der Waals surface area contributed by atoms with Crippen LogP contribution < -0.4 is 5.32 Å². The minimum absolute atomic E-state index is 0.130. The van der Waals surface area contributed by atoms with E-state index in [-0.39, 0.29) is 18.2 Å². The van der Waals surface area contributed by atoms with Crippen LogP contribution in [0.5, 0.6) is 0 Å². The summed E-state index contributed by atoms with van der Waals surface area (Å²) in [6.07, 6.45) is -14.5. The summed E-state index contributed by atoms with van der Waals surface area (Å²) in [6.45, 7) is 0. The molecule has 0 saturated heterocycles. The summed E-state index contributed by atoms with van der Waals surface area (Å²) in [4.78, 5) is 14.9. The van der Waals surface area contributed by atoms with Crippen LogP contribution in [-0.4, -0.2) is 10.9 Å². The van der Waals surface area contributed by atoms with Gasteiger partial charge in [0.05, 0.1) is 16.7 Å². The third-order valence-corrected chi connectivity index (χ3v) is 3.16. The van der Waals surface area contributed by atoms with Gasteiger partial charge in [-0.15, -0.1) is 0 Å². The molecule has 1 N–H and O–H groups in total. The van der Waals surface area contributed by atoms with Crippen molar-refractivity contribution in [1.82, 2.24) is 4.98 Å². The molecule has 1 amide bonds. The van der Waals surface area contributed by atoms with Crippen LogP contribution in [0, 0.1) is 0 Å². The Morgan fingerprint density at radius 3 is 1.67 bits per heavy atom. The van der Waals surface area contributed by atoms with Gasteiger partial charge in [-0.2, -0.15) is 39.5 Å². The molecular formula is C15H7F9N2O. The summed E-state index contributed by atoms with van der Waals surface area (Å²) in [7, 11) is 0. The first-order valence-corrected chi connectivity index (χ1v) is 6.82. The van der Waals surface area contributed by atoms with E-state index in [1.54, 1.807) is 5.32 Å². The third-order valence-electron chi connectivity index (χ3n) is 3.16. The number of nitrogens with zero attached hydrogens (tertiary/aromatic N) is 1. The maximum Gasteiger partial charge on any atom is 0.433 e. The van der Waals surface area contributed by atoms with Crippen molar-refractivity contribution in [2.45, 2.75) is 18.5 Å². The Morgan fingerprint density at radius 2 is 1.30 bits per heavy atom. The molecule has 0 fully saturated rings. The molecule has 1 aromatic carbocycles. The number of anilines is 1. The number of amides is 1. The predicted octanol–water partition coefficient (Wildman–Crippen LogP) is 5.39. The molecule has 1 heterocycles. The van der Waals surface area contributed by atoms with E-state index in [2.05, 4.69) is 4.98 Å². The van der Waals surface area contributed by atoms with Crippen molar-refractivity contribution in [3.63, 3.8) is 0 Å². The van der Waals surface area contributed by atoms with Crippen LogP contribution in [0.3, 0.4) is 0 Å². The lowest BCUT2D eigenvalue weighted by Crippen LogP contribution is -2.16. The number of hydrogen-bond acceptors (Lipinski definition) is 2. The topological polar surface area (TPSA) is 42.0 Å². The fraction of sp³-hybridized carbons (Fsp3) is 0.200. The van der Waals surface area contributed by atoms with Gasteiger partial charge in [-0.05, 0) is 30.3 Å². The molecule has 0 spiro atoms. The van der Waals surface area contributed by atoms with E-state index < -0.39 is 52.5 Å². The number of pyridine rings is 1. The minimum Gasteiger partial charge on any atom is -0.322 e. The Balaban J connectivity index is 2.34. The zero-order valence-corrected chi connectivity index (χ0v) is 12.7. The van der Waals surface area contributed by atoms with E-state index in [4.69, 9.17) is 0 Å². The SMILES string of the molecule is O=C(Nc1cc(C(F)(F)F)cc(C(F)(F)F)c1)c1ccc(C(F)(F)F)nc1. The molecule has 1 aromatic heterocycles. The van der Waals surface area contributed by atoms with Crippen molar-refractivity contribution in [2.24, 2.45) is 0 Å². The lowest BCUT2D eigenvalue weighted by atomic mass is 10.1. The molecular weight excluding hydrogens is 395 g/mol. The van der Waals surface area contributed by atoms with Crippen LogP contribution in [0.15, 0.2) is 36.5 Å². The van der Waals surface area contributed by atoms with Crippen molar-refractivity contribution in [2.75, 3.05) is 5.32 Å². The van der Waals surface area contributed by atoms with Gasteiger partial charge in [0.15, 0.2) is 0 Å². The maximum atomic E-state index is 12.8. The molecule has 2 rings (SSSR count). The third kappa shape index (κ3) is 5.11.